The van der Waals surface area contributed by atoms with Gasteiger partial charge in [-0.25, -0.2) is 4.57 Å². The molecule has 0 radical (unpaired) electrons. The summed E-state index contributed by atoms with van der Waals surface area (Å²) < 4.78 is 33.3. The Bertz CT molecular complexity index is 1200. The Morgan fingerprint density at radius 3 is 1.52 bits per heavy atom. The number of phosphoric ester groups is 1. The highest BCUT2D eigenvalue weighted by molar-refractivity contribution is 7.47. The maximum atomic E-state index is 12.6. The van der Waals surface area contributed by atoms with Crippen LogP contribution < -0.4 is 5.73 Å². The minimum absolute atomic E-state index is 0.00432. The first-order chi connectivity index (χ1) is 28.2. The Labute approximate surface area is 353 Å². The van der Waals surface area contributed by atoms with Crippen LogP contribution in [0.4, 0.5) is 0 Å². The molecule has 0 aliphatic rings. The fraction of sp³-hybridized carbons (Fsp3) is 0.702. The summed E-state index contributed by atoms with van der Waals surface area (Å²) in [5.41, 5.74) is 5.36. The molecule has 11 heteroatoms. The van der Waals surface area contributed by atoms with E-state index in [1.807, 2.05) is 0 Å². The topological polar surface area (TPSA) is 155 Å². The van der Waals surface area contributed by atoms with Gasteiger partial charge in [-0.1, -0.05) is 157 Å². The van der Waals surface area contributed by atoms with Crippen molar-refractivity contribution in [3.63, 3.8) is 0 Å². The molecule has 10 nitrogen and oxygen atoms in total. The average molecular weight is 836 g/mol. The number of ether oxygens (including phenoxy) is 2. The highest BCUT2D eigenvalue weighted by Gasteiger charge is 2.27. The van der Waals surface area contributed by atoms with Crippen molar-refractivity contribution < 1.29 is 42.7 Å². The van der Waals surface area contributed by atoms with E-state index in [4.69, 9.17) is 29.4 Å². The Hall–Kier alpha value is -2.59. The second kappa shape index (κ2) is 42.5. The third-order valence-corrected chi connectivity index (χ3v) is 10.2. The van der Waals surface area contributed by atoms with Gasteiger partial charge in [0.25, 0.3) is 0 Å². The molecule has 0 aliphatic heterocycles. The zero-order chi connectivity index (χ0) is 42.6. The second-order valence-electron chi connectivity index (χ2n) is 14.8. The molecule has 0 aromatic heterocycles. The molecular weight excluding hydrogens is 753 g/mol. The number of aliphatic carboxylic acids is 1. The molecule has 0 fully saturated rings. The average Bonchev–Trinajstić information content (AvgIpc) is 3.20. The molecule has 334 valence electrons. The van der Waals surface area contributed by atoms with Gasteiger partial charge in [-0.15, -0.1) is 0 Å². The predicted molar refractivity (Wildman–Crippen MR) is 240 cm³/mol. The molecule has 0 aliphatic carbocycles. The van der Waals surface area contributed by atoms with Gasteiger partial charge in [0.2, 0.25) is 0 Å². The lowest BCUT2D eigenvalue weighted by Crippen LogP contribution is -2.34. The monoisotopic (exact) mass is 836 g/mol. The van der Waals surface area contributed by atoms with Gasteiger partial charge in [-0.2, -0.15) is 0 Å². The molecule has 0 heterocycles. The van der Waals surface area contributed by atoms with E-state index < -0.39 is 45.1 Å². The molecule has 58 heavy (non-hydrogen) atoms. The van der Waals surface area contributed by atoms with Gasteiger partial charge in [-0.3, -0.25) is 18.6 Å². The summed E-state index contributed by atoms with van der Waals surface area (Å²) in [4.78, 5) is 33.6. The molecule has 0 saturated carbocycles. The number of phosphoric acid groups is 1. The van der Waals surface area contributed by atoms with Crippen LogP contribution in [0.1, 0.15) is 174 Å². The molecule has 0 aromatic carbocycles. The smallest absolute Gasteiger partial charge is 0.472 e. The molecule has 0 rings (SSSR count). The number of rotatable bonds is 42. The summed E-state index contributed by atoms with van der Waals surface area (Å²) in [7, 11) is -4.63. The van der Waals surface area contributed by atoms with E-state index in [9.17, 15) is 19.0 Å². The number of carbonyl (C=O) groups is 2. The van der Waals surface area contributed by atoms with Crippen LogP contribution in [-0.4, -0.2) is 60.5 Å². The predicted octanol–water partition coefficient (Wildman–Crippen LogP) is 12.6. The quantitative estimate of drug-likeness (QED) is 0.0234. The van der Waals surface area contributed by atoms with Gasteiger partial charge in [0.15, 0.2) is 0 Å². The third-order valence-electron chi connectivity index (χ3n) is 9.22. The van der Waals surface area contributed by atoms with E-state index >= 15 is 0 Å². The molecule has 0 aromatic rings. The number of carbonyl (C=O) groups excluding carboxylic acids is 1. The first kappa shape index (κ1) is 55.4. The van der Waals surface area contributed by atoms with E-state index in [0.717, 1.165) is 77.0 Å². The molecule has 0 spiro atoms. The summed E-state index contributed by atoms with van der Waals surface area (Å²) in [6.07, 6.45) is 52.4. The highest BCUT2D eigenvalue weighted by Crippen LogP contribution is 2.43. The van der Waals surface area contributed by atoms with E-state index in [-0.39, 0.29) is 13.0 Å². The second-order valence-corrected chi connectivity index (χ2v) is 16.2. The van der Waals surface area contributed by atoms with Gasteiger partial charge in [-0.05, 0) is 83.5 Å². The van der Waals surface area contributed by atoms with Crippen molar-refractivity contribution in [1.82, 2.24) is 0 Å². The van der Waals surface area contributed by atoms with Crippen molar-refractivity contribution >= 4 is 19.8 Å². The van der Waals surface area contributed by atoms with Gasteiger partial charge in [0.05, 0.1) is 19.8 Å². The van der Waals surface area contributed by atoms with Crippen molar-refractivity contribution in [1.29, 1.82) is 0 Å². The Kier molecular flexibility index (Phi) is 40.6. The van der Waals surface area contributed by atoms with Crippen LogP contribution >= 0.6 is 7.82 Å². The number of unbranched alkanes of at least 4 members (excludes halogenated alkanes) is 16. The van der Waals surface area contributed by atoms with Crippen LogP contribution in [-0.2, 0) is 32.7 Å². The standard InChI is InChI=1S/C47H82NO9P/c1-3-5-7-9-11-13-15-17-19-21-22-23-25-27-29-31-33-35-37-39-46(49)57-44(42-55-58(52,53)56-43-45(48)47(50)51)41-54-40-38-36-34-32-30-28-26-24-20-18-16-14-12-10-8-6-4-2/h5,7,11,13,17,19-20,22-24,27,29,44-45H,3-4,6,8-10,12,14-16,18,21,25-26,28,30-43,48H2,1-2H3,(H,50,51)(H,52,53)/b7-5-,13-11-,19-17-,23-22-,24-20-,29-27-. The lowest BCUT2D eigenvalue weighted by molar-refractivity contribution is -0.154. The summed E-state index contributed by atoms with van der Waals surface area (Å²) in [6, 6.07) is -1.48. The van der Waals surface area contributed by atoms with Crippen molar-refractivity contribution in [2.75, 3.05) is 26.4 Å². The maximum absolute atomic E-state index is 12.6. The normalized spacial score (nSPS) is 14.6. The minimum atomic E-state index is -4.63. The van der Waals surface area contributed by atoms with E-state index in [0.29, 0.717) is 13.0 Å². The first-order valence-corrected chi connectivity index (χ1v) is 24.0. The first-order valence-electron chi connectivity index (χ1n) is 22.5. The molecule has 0 amide bonds. The zero-order valence-electron chi connectivity index (χ0n) is 36.4. The van der Waals surface area contributed by atoms with Crippen LogP contribution in [0.5, 0.6) is 0 Å². The van der Waals surface area contributed by atoms with Gasteiger partial charge in [0.1, 0.15) is 12.1 Å². The number of esters is 1. The van der Waals surface area contributed by atoms with E-state index in [1.165, 1.54) is 70.6 Å². The largest absolute Gasteiger partial charge is 0.480 e. The summed E-state index contributed by atoms with van der Waals surface area (Å²) >= 11 is 0. The maximum Gasteiger partial charge on any atom is 0.472 e. The minimum Gasteiger partial charge on any atom is -0.480 e. The molecule has 3 unspecified atom stereocenters. The van der Waals surface area contributed by atoms with E-state index in [2.05, 4.69) is 86.8 Å². The van der Waals surface area contributed by atoms with Gasteiger partial charge >= 0.3 is 19.8 Å². The lowest BCUT2D eigenvalue weighted by Gasteiger charge is -2.20. The molecular formula is C47H82NO9P. The zero-order valence-corrected chi connectivity index (χ0v) is 37.3. The van der Waals surface area contributed by atoms with Crippen LogP contribution in [0.3, 0.4) is 0 Å². The van der Waals surface area contributed by atoms with Gasteiger partial charge < -0.3 is 25.2 Å². The van der Waals surface area contributed by atoms with Crippen molar-refractivity contribution in [3.8, 4) is 0 Å². The van der Waals surface area contributed by atoms with Crippen LogP contribution in [0, 0.1) is 0 Å². The van der Waals surface area contributed by atoms with Crippen molar-refractivity contribution in [2.45, 2.75) is 187 Å². The Balaban J connectivity index is 4.32. The van der Waals surface area contributed by atoms with Crippen molar-refractivity contribution in [3.05, 3.63) is 72.9 Å². The third kappa shape index (κ3) is 41.6. The Morgan fingerprint density at radius 2 is 1.00 bits per heavy atom. The van der Waals surface area contributed by atoms with Crippen LogP contribution in [0.15, 0.2) is 72.9 Å². The van der Waals surface area contributed by atoms with Gasteiger partial charge in [0, 0.05) is 13.0 Å². The fourth-order valence-corrected chi connectivity index (χ4v) is 6.52. The molecule has 3 atom stereocenters. The SMILES string of the molecule is CC/C=C\C/C=C\C/C=C\C/C=C\C/C=C\CCCCCC(=O)OC(COCCCCCCCC/C=C\CCCCCCCCC)COP(=O)(O)OCC(N)C(=O)O. The van der Waals surface area contributed by atoms with Crippen LogP contribution in [0.25, 0.3) is 0 Å². The molecule has 4 N–H and O–H groups in total. The fourth-order valence-electron chi connectivity index (χ4n) is 5.74. The number of carboxylic acid groups (broad SMARTS) is 1. The number of hydrogen-bond donors (Lipinski definition) is 3. The number of nitrogens with two attached hydrogens (primary N) is 1. The number of hydrogen-bond acceptors (Lipinski definition) is 8. The van der Waals surface area contributed by atoms with Crippen LogP contribution in [0.2, 0.25) is 0 Å². The summed E-state index contributed by atoms with van der Waals surface area (Å²) in [5, 5.41) is 8.90. The number of allylic oxidation sites excluding steroid dienone is 12. The summed E-state index contributed by atoms with van der Waals surface area (Å²) in [5.74, 6) is -1.82. The lowest BCUT2D eigenvalue weighted by atomic mass is 10.1. The highest BCUT2D eigenvalue weighted by atomic mass is 31.2. The van der Waals surface area contributed by atoms with Crippen molar-refractivity contribution in [2.24, 2.45) is 5.73 Å². The molecule has 0 bridgehead atoms. The molecule has 0 saturated heterocycles. The Morgan fingerprint density at radius 1 is 0.569 bits per heavy atom. The van der Waals surface area contributed by atoms with E-state index in [1.54, 1.807) is 0 Å². The number of carboxylic acids is 1. The summed E-state index contributed by atoms with van der Waals surface area (Å²) in [6.45, 7) is 3.70.